The zero-order valence-electron chi connectivity index (χ0n) is 5.71. The fourth-order valence-electron chi connectivity index (χ4n) is 0.426. The first-order valence-electron chi connectivity index (χ1n) is 2.69. The third-order valence-corrected chi connectivity index (χ3v) is 1.53. The molecule has 0 spiro atoms. The summed E-state index contributed by atoms with van der Waals surface area (Å²) in [6.07, 6.45) is -4.17. The molecule has 0 saturated carbocycles. The van der Waals surface area contributed by atoms with Crippen molar-refractivity contribution in [3.63, 3.8) is 0 Å². The van der Waals surface area contributed by atoms with Crippen molar-refractivity contribution in [3.05, 3.63) is 22.4 Å². The van der Waals surface area contributed by atoms with E-state index in [4.69, 9.17) is 9.90 Å². The Labute approximate surface area is 70.3 Å². The molecule has 1 rings (SSSR count). The molecule has 0 bridgehead atoms. The lowest BCUT2D eigenvalue weighted by Gasteiger charge is -1.99. The van der Waals surface area contributed by atoms with Crippen LogP contribution in [0.25, 0.3) is 0 Å². The highest BCUT2D eigenvalue weighted by atomic mass is 32.1. The molecule has 1 aromatic rings. The number of rotatable bonds is 0. The highest BCUT2D eigenvalue weighted by Gasteiger charge is 2.30. The van der Waals surface area contributed by atoms with Gasteiger partial charge in [-0.25, -0.2) is 0 Å². The fraction of sp³-hybridized carbons (Fsp3) is 0.167. The Morgan fingerprint density at radius 3 is 2.17 bits per heavy atom. The van der Waals surface area contributed by atoms with Crippen LogP contribution in [0, 0.1) is 0 Å². The number of halogens is 3. The van der Waals surface area contributed by atoms with E-state index in [0.717, 1.165) is 22.8 Å². The molecule has 6 heteroatoms. The number of hydrogen-bond acceptors (Lipinski definition) is 2. The summed E-state index contributed by atoms with van der Waals surface area (Å²) < 4.78 is 34.9. The molecule has 0 amide bonds. The standard InChI is InChI=1S/C5H3F3S.CH2O2/c6-5(7,8)4-1-2-9-3-4;2-1-3/h1-3H;1H,(H,2,3). The topological polar surface area (TPSA) is 37.3 Å². The van der Waals surface area contributed by atoms with Crippen molar-refractivity contribution in [1.29, 1.82) is 0 Å². The Kier molecular flexibility index (Phi) is 4.35. The second-order valence-corrected chi connectivity index (χ2v) is 2.40. The molecule has 0 fully saturated rings. The third kappa shape index (κ3) is 3.97. The first-order chi connectivity index (χ1) is 5.52. The van der Waals surface area contributed by atoms with Crippen LogP contribution in [0.15, 0.2) is 16.8 Å². The molecule has 12 heavy (non-hydrogen) atoms. The molecule has 2 nitrogen and oxygen atoms in total. The van der Waals surface area contributed by atoms with Crippen molar-refractivity contribution in [2.45, 2.75) is 6.18 Å². The minimum Gasteiger partial charge on any atom is -0.483 e. The quantitative estimate of drug-likeness (QED) is 0.650. The molecule has 0 atom stereocenters. The van der Waals surface area contributed by atoms with Gasteiger partial charge in [0.1, 0.15) is 0 Å². The van der Waals surface area contributed by atoms with Gasteiger partial charge in [0, 0.05) is 5.38 Å². The lowest BCUT2D eigenvalue weighted by atomic mass is 10.3. The summed E-state index contributed by atoms with van der Waals surface area (Å²) >= 11 is 1.05. The molecular weight excluding hydrogens is 193 g/mol. The summed E-state index contributed by atoms with van der Waals surface area (Å²) in [5.74, 6) is 0. The summed E-state index contributed by atoms with van der Waals surface area (Å²) in [6.45, 7) is -0.250. The first kappa shape index (κ1) is 11.0. The molecule has 1 N–H and O–H groups in total. The Bertz CT molecular complexity index is 217. The molecule has 0 aromatic carbocycles. The van der Waals surface area contributed by atoms with Crippen molar-refractivity contribution in [3.8, 4) is 0 Å². The number of alkyl halides is 3. The summed E-state index contributed by atoms with van der Waals surface area (Å²) in [7, 11) is 0. The molecule has 0 radical (unpaired) electrons. The van der Waals surface area contributed by atoms with Gasteiger partial charge in [0.15, 0.2) is 0 Å². The van der Waals surface area contributed by atoms with E-state index in [2.05, 4.69) is 0 Å². The average Bonchev–Trinajstić information content (AvgIpc) is 2.36. The largest absolute Gasteiger partial charge is 0.483 e. The van der Waals surface area contributed by atoms with Crippen LogP contribution in [-0.2, 0) is 11.0 Å². The van der Waals surface area contributed by atoms with E-state index in [1.54, 1.807) is 0 Å². The normalized spacial score (nSPS) is 9.92. The van der Waals surface area contributed by atoms with Gasteiger partial charge in [0.25, 0.3) is 6.47 Å². The highest BCUT2D eigenvalue weighted by Crippen LogP contribution is 2.30. The minimum absolute atomic E-state index is 0.250. The van der Waals surface area contributed by atoms with Gasteiger partial charge in [-0.3, -0.25) is 4.79 Å². The number of hydrogen-bond donors (Lipinski definition) is 1. The van der Waals surface area contributed by atoms with E-state index >= 15 is 0 Å². The minimum atomic E-state index is -4.17. The van der Waals surface area contributed by atoms with Crippen LogP contribution in [0.4, 0.5) is 13.2 Å². The maximum absolute atomic E-state index is 11.6. The van der Waals surface area contributed by atoms with Crippen molar-refractivity contribution in [2.75, 3.05) is 0 Å². The molecule has 1 heterocycles. The van der Waals surface area contributed by atoms with Crippen molar-refractivity contribution >= 4 is 17.8 Å². The predicted octanol–water partition coefficient (Wildman–Crippen LogP) is 2.47. The van der Waals surface area contributed by atoms with Crippen LogP contribution < -0.4 is 0 Å². The molecule has 0 aliphatic rings. The zero-order valence-corrected chi connectivity index (χ0v) is 6.52. The first-order valence-corrected chi connectivity index (χ1v) is 3.64. The Morgan fingerprint density at radius 1 is 1.50 bits per heavy atom. The van der Waals surface area contributed by atoms with E-state index in [9.17, 15) is 13.2 Å². The summed E-state index contributed by atoms with van der Waals surface area (Å²) in [5, 5.41) is 9.38. The Hall–Kier alpha value is -1.04. The van der Waals surface area contributed by atoms with E-state index in [1.165, 1.54) is 5.38 Å². The van der Waals surface area contributed by atoms with Gasteiger partial charge >= 0.3 is 6.18 Å². The van der Waals surface area contributed by atoms with E-state index in [0.29, 0.717) is 0 Å². The van der Waals surface area contributed by atoms with Crippen molar-refractivity contribution in [2.24, 2.45) is 0 Å². The van der Waals surface area contributed by atoms with Gasteiger partial charge in [0.2, 0.25) is 0 Å². The lowest BCUT2D eigenvalue weighted by Crippen LogP contribution is -2.01. The van der Waals surface area contributed by atoms with Crippen LogP contribution in [0.5, 0.6) is 0 Å². The molecule has 0 aliphatic carbocycles. The lowest BCUT2D eigenvalue weighted by molar-refractivity contribution is -0.137. The molecule has 68 valence electrons. The van der Waals surface area contributed by atoms with Gasteiger partial charge in [-0.1, -0.05) is 0 Å². The maximum atomic E-state index is 11.6. The SMILES string of the molecule is FC(F)(F)c1ccsc1.O=CO. The van der Waals surface area contributed by atoms with Crippen LogP contribution >= 0.6 is 11.3 Å². The summed E-state index contributed by atoms with van der Waals surface area (Å²) in [5.41, 5.74) is -0.563. The second kappa shape index (κ2) is 4.76. The van der Waals surface area contributed by atoms with Crippen LogP contribution in [0.1, 0.15) is 5.56 Å². The summed E-state index contributed by atoms with van der Waals surface area (Å²) in [6, 6.07) is 1.06. The fourth-order valence-corrected chi connectivity index (χ4v) is 1.09. The molecule has 1 aromatic heterocycles. The molecule has 0 unspecified atom stereocenters. The predicted molar refractivity (Wildman–Crippen MR) is 38.0 cm³/mol. The van der Waals surface area contributed by atoms with Gasteiger partial charge < -0.3 is 5.11 Å². The second-order valence-electron chi connectivity index (χ2n) is 1.62. The van der Waals surface area contributed by atoms with Crippen LogP contribution in [-0.4, -0.2) is 11.6 Å². The smallest absolute Gasteiger partial charge is 0.417 e. The van der Waals surface area contributed by atoms with Crippen LogP contribution in [0.2, 0.25) is 0 Å². The average molecular weight is 198 g/mol. The molecule has 0 aliphatic heterocycles. The van der Waals surface area contributed by atoms with Crippen LogP contribution in [0.3, 0.4) is 0 Å². The summed E-state index contributed by atoms with van der Waals surface area (Å²) in [4.78, 5) is 8.36. The maximum Gasteiger partial charge on any atom is 0.417 e. The van der Waals surface area contributed by atoms with Gasteiger partial charge in [-0.15, -0.1) is 0 Å². The Balaban J connectivity index is 0.000000354. The zero-order chi connectivity index (χ0) is 9.61. The monoisotopic (exact) mass is 198 g/mol. The van der Waals surface area contributed by atoms with E-state index in [1.807, 2.05) is 0 Å². The van der Waals surface area contributed by atoms with Crippen molar-refractivity contribution < 1.29 is 23.1 Å². The van der Waals surface area contributed by atoms with Gasteiger partial charge in [-0.05, 0) is 11.4 Å². The van der Waals surface area contributed by atoms with E-state index in [-0.39, 0.29) is 6.47 Å². The molecular formula is C6H5F3O2S. The number of carbonyl (C=O) groups is 1. The van der Waals surface area contributed by atoms with Gasteiger partial charge in [0.05, 0.1) is 5.56 Å². The van der Waals surface area contributed by atoms with Gasteiger partial charge in [-0.2, -0.15) is 24.5 Å². The molecule has 0 saturated heterocycles. The number of carboxylic acid groups (broad SMARTS) is 1. The van der Waals surface area contributed by atoms with Crippen molar-refractivity contribution in [1.82, 2.24) is 0 Å². The third-order valence-electron chi connectivity index (χ3n) is 0.849. The highest BCUT2D eigenvalue weighted by molar-refractivity contribution is 7.07. The van der Waals surface area contributed by atoms with E-state index < -0.39 is 11.7 Å². The number of thiophene rings is 1. The Morgan fingerprint density at radius 2 is 2.00 bits per heavy atom.